The van der Waals surface area contributed by atoms with E-state index in [-0.39, 0.29) is 17.6 Å². The molecule has 0 atom stereocenters. The molecule has 3 rings (SSSR count). The van der Waals surface area contributed by atoms with Gasteiger partial charge < -0.3 is 15.2 Å². The van der Waals surface area contributed by atoms with E-state index in [1.54, 1.807) is 34.9 Å². The minimum atomic E-state index is -0.259. The zero-order valence-electron chi connectivity index (χ0n) is 16.7. The van der Waals surface area contributed by atoms with Gasteiger partial charge in [0.1, 0.15) is 5.82 Å². The molecule has 1 heterocycles. The summed E-state index contributed by atoms with van der Waals surface area (Å²) in [6.07, 6.45) is 0.473. The van der Waals surface area contributed by atoms with Crippen LogP contribution < -0.4 is 10.6 Å². The van der Waals surface area contributed by atoms with Crippen LogP contribution in [0.5, 0.6) is 0 Å². The van der Waals surface area contributed by atoms with Crippen LogP contribution in [0.3, 0.4) is 0 Å². The molecule has 0 bridgehead atoms. The summed E-state index contributed by atoms with van der Waals surface area (Å²) >= 11 is 22.4. The first-order chi connectivity index (χ1) is 15.2. The van der Waals surface area contributed by atoms with Gasteiger partial charge >= 0.3 is 0 Å². The number of amides is 2. The van der Waals surface area contributed by atoms with Crippen molar-refractivity contribution in [1.29, 1.82) is 0 Å². The smallest absolute Gasteiger partial charge is 0.251 e. The number of nitrogens with one attached hydrogen (secondary N) is 2. The number of hydrogen-bond acceptors (Lipinski definition) is 5. The SMILES string of the molecule is Cn1c(CCNC(=O)c2ccc(Cl)c(Cl)c2)nnc1SCC(=O)Nc1ccc(Br)c(Cl)c1. The van der Waals surface area contributed by atoms with Gasteiger partial charge in [-0.05, 0) is 52.3 Å². The van der Waals surface area contributed by atoms with Gasteiger partial charge in [0.2, 0.25) is 5.91 Å². The molecule has 12 heteroatoms. The van der Waals surface area contributed by atoms with E-state index in [0.29, 0.717) is 50.3 Å². The van der Waals surface area contributed by atoms with E-state index >= 15 is 0 Å². The van der Waals surface area contributed by atoms with Crippen molar-refractivity contribution in [2.24, 2.45) is 7.05 Å². The molecule has 1 aromatic heterocycles. The highest BCUT2D eigenvalue weighted by Crippen LogP contribution is 2.26. The number of rotatable bonds is 8. The molecule has 2 amide bonds. The van der Waals surface area contributed by atoms with E-state index in [1.165, 1.54) is 17.8 Å². The van der Waals surface area contributed by atoms with Gasteiger partial charge in [-0.15, -0.1) is 10.2 Å². The molecule has 0 unspecified atom stereocenters. The lowest BCUT2D eigenvalue weighted by atomic mass is 10.2. The Hall–Kier alpha value is -1.78. The molecule has 0 aliphatic carbocycles. The first-order valence-corrected chi connectivity index (χ1v) is 12.1. The highest BCUT2D eigenvalue weighted by atomic mass is 79.9. The van der Waals surface area contributed by atoms with Gasteiger partial charge in [-0.1, -0.05) is 46.6 Å². The fourth-order valence-electron chi connectivity index (χ4n) is 2.62. The Morgan fingerprint density at radius 3 is 2.56 bits per heavy atom. The third-order valence-corrected chi connectivity index (χ3v) is 7.27. The lowest BCUT2D eigenvalue weighted by Gasteiger charge is -2.07. The zero-order chi connectivity index (χ0) is 23.3. The summed E-state index contributed by atoms with van der Waals surface area (Å²) in [5.41, 5.74) is 1.03. The predicted molar refractivity (Wildman–Crippen MR) is 132 cm³/mol. The van der Waals surface area contributed by atoms with Crippen LogP contribution in [0.2, 0.25) is 15.1 Å². The van der Waals surface area contributed by atoms with Gasteiger partial charge in [-0.2, -0.15) is 0 Å². The quantitative estimate of drug-likeness (QED) is 0.358. The van der Waals surface area contributed by atoms with Crippen molar-refractivity contribution in [3.05, 3.63) is 67.3 Å². The maximum Gasteiger partial charge on any atom is 0.251 e. The molecule has 0 radical (unpaired) electrons. The third-order valence-electron chi connectivity index (χ3n) is 4.28. The van der Waals surface area contributed by atoms with Crippen LogP contribution in [0.15, 0.2) is 46.0 Å². The van der Waals surface area contributed by atoms with Crippen LogP contribution in [0.4, 0.5) is 5.69 Å². The highest BCUT2D eigenvalue weighted by Gasteiger charge is 2.13. The second-order valence-electron chi connectivity index (χ2n) is 6.56. The van der Waals surface area contributed by atoms with Crippen molar-refractivity contribution >= 4 is 80.0 Å². The van der Waals surface area contributed by atoms with Crippen molar-refractivity contribution in [1.82, 2.24) is 20.1 Å². The maximum atomic E-state index is 12.2. The average molecular weight is 578 g/mol. The number of benzene rings is 2. The zero-order valence-corrected chi connectivity index (χ0v) is 21.3. The van der Waals surface area contributed by atoms with Crippen LogP contribution in [0, 0.1) is 0 Å². The molecule has 2 N–H and O–H groups in total. The van der Waals surface area contributed by atoms with Crippen LogP contribution in [-0.4, -0.2) is 38.9 Å². The number of hydrogen-bond donors (Lipinski definition) is 2. The first kappa shape index (κ1) is 24.9. The van der Waals surface area contributed by atoms with Crippen molar-refractivity contribution in [3.63, 3.8) is 0 Å². The summed E-state index contributed by atoms with van der Waals surface area (Å²) in [6, 6.07) is 9.89. The predicted octanol–water partition coefficient (Wildman–Crippen LogP) is 5.24. The minimum Gasteiger partial charge on any atom is -0.352 e. The van der Waals surface area contributed by atoms with E-state index in [2.05, 4.69) is 36.8 Å². The second kappa shape index (κ2) is 11.4. The van der Waals surface area contributed by atoms with Gasteiger partial charge in [0.25, 0.3) is 5.91 Å². The molecule has 0 saturated heterocycles. The van der Waals surface area contributed by atoms with Crippen molar-refractivity contribution in [2.45, 2.75) is 11.6 Å². The Labute approximate surface area is 212 Å². The molecule has 168 valence electrons. The minimum absolute atomic E-state index is 0.160. The van der Waals surface area contributed by atoms with Gasteiger partial charge in [0.05, 0.1) is 20.8 Å². The van der Waals surface area contributed by atoms with Crippen LogP contribution in [-0.2, 0) is 18.3 Å². The lowest BCUT2D eigenvalue weighted by molar-refractivity contribution is -0.113. The Morgan fingerprint density at radius 1 is 1.06 bits per heavy atom. The van der Waals surface area contributed by atoms with Crippen molar-refractivity contribution < 1.29 is 9.59 Å². The van der Waals surface area contributed by atoms with Gasteiger partial charge in [-0.3, -0.25) is 9.59 Å². The molecule has 0 spiro atoms. The Bertz CT molecular complexity index is 1160. The van der Waals surface area contributed by atoms with Crippen LogP contribution in [0.1, 0.15) is 16.2 Å². The summed E-state index contributed by atoms with van der Waals surface area (Å²) in [6.45, 7) is 0.362. The fourth-order valence-corrected chi connectivity index (χ4v) is 4.07. The number of halogens is 4. The molecule has 2 aromatic carbocycles. The van der Waals surface area contributed by atoms with Gasteiger partial charge in [0.15, 0.2) is 5.16 Å². The summed E-state index contributed by atoms with van der Waals surface area (Å²) in [5.74, 6) is 0.396. The highest BCUT2D eigenvalue weighted by molar-refractivity contribution is 9.10. The summed E-state index contributed by atoms with van der Waals surface area (Å²) in [7, 11) is 1.81. The van der Waals surface area contributed by atoms with E-state index in [0.717, 1.165) is 4.47 Å². The van der Waals surface area contributed by atoms with E-state index in [4.69, 9.17) is 34.8 Å². The molecule has 0 saturated carbocycles. The van der Waals surface area contributed by atoms with E-state index in [1.807, 2.05) is 7.05 Å². The van der Waals surface area contributed by atoms with Gasteiger partial charge in [-0.25, -0.2) is 0 Å². The molecular weight excluding hydrogens is 561 g/mol. The molecular formula is C20H17BrCl3N5O2S. The molecule has 0 aliphatic rings. The number of carbonyl (C=O) groups excluding carboxylic acids is 2. The molecule has 3 aromatic rings. The standard InChI is InChI=1S/C20H17BrCl3N5O2S/c1-29-17(6-7-25-19(31)11-2-5-14(22)16(24)8-11)27-28-20(29)32-10-18(30)26-12-3-4-13(21)15(23)9-12/h2-5,8-9H,6-7,10H2,1H3,(H,25,31)(H,26,30). The normalized spacial score (nSPS) is 10.8. The third kappa shape index (κ3) is 6.62. The topological polar surface area (TPSA) is 88.9 Å². The lowest BCUT2D eigenvalue weighted by Crippen LogP contribution is -2.26. The van der Waals surface area contributed by atoms with Gasteiger partial charge in [0, 0.05) is 35.7 Å². The number of aromatic nitrogens is 3. The number of thioether (sulfide) groups is 1. The summed E-state index contributed by atoms with van der Waals surface area (Å²) in [4.78, 5) is 24.5. The summed E-state index contributed by atoms with van der Waals surface area (Å²) < 4.78 is 2.55. The number of anilines is 1. The maximum absolute atomic E-state index is 12.2. The number of nitrogens with zero attached hydrogens (tertiary/aromatic N) is 3. The number of carbonyl (C=O) groups is 2. The fraction of sp³-hybridized carbons (Fsp3) is 0.200. The molecule has 32 heavy (non-hydrogen) atoms. The van der Waals surface area contributed by atoms with E-state index in [9.17, 15) is 9.59 Å². The van der Waals surface area contributed by atoms with Crippen molar-refractivity contribution in [3.8, 4) is 0 Å². The average Bonchev–Trinajstić information content (AvgIpc) is 3.10. The molecule has 0 aliphatic heterocycles. The van der Waals surface area contributed by atoms with E-state index < -0.39 is 0 Å². The second-order valence-corrected chi connectivity index (χ2v) is 9.58. The molecule has 7 nitrogen and oxygen atoms in total. The monoisotopic (exact) mass is 575 g/mol. The van der Waals surface area contributed by atoms with Crippen molar-refractivity contribution in [2.75, 3.05) is 17.6 Å². The van der Waals surface area contributed by atoms with Crippen LogP contribution in [0.25, 0.3) is 0 Å². The molecule has 0 fully saturated rings. The largest absolute Gasteiger partial charge is 0.352 e. The Kier molecular flexibility index (Phi) is 8.84. The summed E-state index contributed by atoms with van der Waals surface area (Å²) in [5, 5.41) is 15.7. The van der Waals surface area contributed by atoms with Crippen LogP contribution >= 0.6 is 62.5 Å². The Balaban J connectivity index is 1.48. The Morgan fingerprint density at radius 2 is 1.84 bits per heavy atom. The first-order valence-electron chi connectivity index (χ1n) is 9.24.